The lowest BCUT2D eigenvalue weighted by Crippen LogP contribution is -2.41. The lowest BCUT2D eigenvalue weighted by Gasteiger charge is -2.37. The summed E-state index contributed by atoms with van der Waals surface area (Å²) in [7, 11) is 0. The van der Waals surface area contributed by atoms with Gasteiger partial charge in [0.2, 0.25) is 5.82 Å². The first kappa shape index (κ1) is 24.9. The Hall–Kier alpha value is -3.43. The highest BCUT2D eigenvalue weighted by Crippen LogP contribution is 2.36. The standard InChI is InChI=1S/C29H31N5O3S/c1-18-26(19(2)37-33-18)21-8-9-24-23(16-21)28(32-27(31-24)29(35)30-22-10-14-38-15-11-22)34-12-13-36-17-25(34)20-6-4-3-5-7-20/h3-9,16,22,25H,10-15,17H2,1-2H3,(H,30,35). The van der Waals surface area contributed by atoms with Crippen molar-refractivity contribution in [3.05, 3.63) is 71.4 Å². The zero-order valence-electron chi connectivity index (χ0n) is 21.6. The molecule has 0 spiro atoms. The van der Waals surface area contributed by atoms with Gasteiger partial charge in [-0.3, -0.25) is 4.79 Å². The number of rotatable bonds is 5. The Kier molecular flexibility index (Phi) is 7.04. The molecular weight excluding hydrogens is 498 g/mol. The average molecular weight is 530 g/mol. The van der Waals surface area contributed by atoms with Crippen LogP contribution in [0.25, 0.3) is 22.0 Å². The van der Waals surface area contributed by atoms with E-state index in [0.29, 0.717) is 19.8 Å². The molecule has 2 fully saturated rings. The number of hydrogen-bond donors (Lipinski definition) is 1. The molecule has 0 aliphatic carbocycles. The number of fused-ring (bicyclic) bond motifs is 1. The molecule has 8 nitrogen and oxygen atoms in total. The van der Waals surface area contributed by atoms with Crippen molar-refractivity contribution in [1.29, 1.82) is 0 Å². The average Bonchev–Trinajstić information content (AvgIpc) is 3.30. The second-order valence-electron chi connectivity index (χ2n) is 9.86. The quantitative estimate of drug-likeness (QED) is 0.382. The molecule has 0 saturated carbocycles. The Morgan fingerprint density at radius 2 is 1.89 bits per heavy atom. The number of nitrogens with one attached hydrogen (secondary N) is 1. The summed E-state index contributed by atoms with van der Waals surface area (Å²) in [5.41, 5.74) is 4.66. The molecule has 1 N–H and O–H groups in total. The van der Waals surface area contributed by atoms with Crippen molar-refractivity contribution in [3.63, 3.8) is 0 Å². The van der Waals surface area contributed by atoms with Gasteiger partial charge in [-0.05, 0) is 61.5 Å². The Labute approximate surface area is 226 Å². The molecule has 4 heterocycles. The zero-order chi connectivity index (χ0) is 26.1. The predicted molar refractivity (Wildman–Crippen MR) is 150 cm³/mol. The third-order valence-corrected chi connectivity index (χ3v) is 8.39. The molecule has 2 saturated heterocycles. The molecule has 6 rings (SSSR count). The van der Waals surface area contributed by atoms with Crippen LogP contribution in [0.5, 0.6) is 0 Å². The van der Waals surface area contributed by atoms with Crippen molar-refractivity contribution in [2.75, 3.05) is 36.2 Å². The number of amides is 1. The van der Waals surface area contributed by atoms with E-state index in [1.165, 1.54) is 0 Å². The van der Waals surface area contributed by atoms with Crippen LogP contribution in [0, 0.1) is 13.8 Å². The minimum atomic E-state index is -0.218. The largest absolute Gasteiger partial charge is 0.377 e. The maximum absolute atomic E-state index is 13.4. The predicted octanol–water partition coefficient (Wildman–Crippen LogP) is 5.10. The van der Waals surface area contributed by atoms with E-state index in [2.05, 4.69) is 33.6 Å². The van der Waals surface area contributed by atoms with Crippen LogP contribution in [-0.2, 0) is 4.74 Å². The van der Waals surface area contributed by atoms with Crippen LogP contribution >= 0.6 is 11.8 Å². The summed E-state index contributed by atoms with van der Waals surface area (Å²) in [6, 6.07) is 16.5. The van der Waals surface area contributed by atoms with Gasteiger partial charge in [0.05, 0.1) is 30.5 Å². The second kappa shape index (κ2) is 10.7. The van der Waals surface area contributed by atoms with Crippen molar-refractivity contribution in [3.8, 4) is 11.1 Å². The summed E-state index contributed by atoms with van der Waals surface area (Å²) in [5, 5.41) is 8.21. The first-order valence-electron chi connectivity index (χ1n) is 13.1. The fourth-order valence-corrected chi connectivity index (χ4v) is 6.49. The maximum Gasteiger partial charge on any atom is 0.289 e. The summed E-state index contributed by atoms with van der Waals surface area (Å²) in [5.74, 6) is 3.61. The number of morpholine rings is 1. The van der Waals surface area contributed by atoms with Crippen molar-refractivity contribution < 1.29 is 14.1 Å². The second-order valence-corrected chi connectivity index (χ2v) is 11.1. The van der Waals surface area contributed by atoms with E-state index < -0.39 is 0 Å². The Morgan fingerprint density at radius 1 is 1.08 bits per heavy atom. The smallest absolute Gasteiger partial charge is 0.289 e. The van der Waals surface area contributed by atoms with Gasteiger partial charge in [0, 0.05) is 23.5 Å². The minimum Gasteiger partial charge on any atom is -0.377 e. The molecule has 0 radical (unpaired) electrons. The number of thioether (sulfide) groups is 1. The van der Waals surface area contributed by atoms with Crippen LogP contribution in [0.2, 0.25) is 0 Å². The van der Waals surface area contributed by atoms with Gasteiger partial charge in [-0.1, -0.05) is 41.6 Å². The van der Waals surface area contributed by atoms with E-state index in [9.17, 15) is 4.79 Å². The Bertz CT molecular complexity index is 1430. The minimum absolute atomic E-state index is 0.0305. The van der Waals surface area contributed by atoms with Crippen molar-refractivity contribution in [1.82, 2.24) is 20.4 Å². The fourth-order valence-electron chi connectivity index (χ4n) is 5.38. The molecular formula is C29H31N5O3S. The number of carbonyl (C=O) groups excluding carboxylic acids is 1. The molecule has 0 bridgehead atoms. The summed E-state index contributed by atoms with van der Waals surface area (Å²) in [6.45, 7) is 5.64. The monoisotopic (exact) mass is 529 g/mol. The molecule has 38 heavy (non-hydrogen) atoms. The van der Waals surface area contributed by atoms with Gasteiger partial charge in [-0.15, -0.1) is 0 Å². The van der Waals surface area contributed by atoms with Crippen LogP contribution < -0.4 is 10.2 Å². The summed E-state index contributed by atoms with van der Waals surface area (Å²) < 4.78 is 11.3. The van der Waals surface area contributed by atoms with Crippen molar-refractivity contribution >= 4 is 34.4 Å². The number of aromatic nitrogens is 3. The number of carbonyl (C=O) groups is 1. The van der Waals surface area contributed by atoms with Crippen LogP contribution in [0.3, 0.4) is 0 Å². The molecule has 1 amide bonds. The maximum atomic E-state index is 13.4. The third-order valence-electron chi connectivity index (χ3n) is 7.34. The topological polar surface area (TPSA) is 93.4 Å². The van der Waals surface area contributed by atoms with Crippen molar-refractivity contribution in [2.45, 2.75) is 38.8 Å². The van der Waals surface area contributed by atoms with Gasteiger partial charge in [-0.2, -0.15) is 11.8 Å². The van der Waals surface area contributed by atoms with Gasteiger partial charge in [0.1, 0.15) is 11.6 Å². The molecule has 1 unspecified atom stereocenters. The third kappa shape index (κ3) is 4.88. The number of aryl methyl sites for hydroxylation is 2. The molecule has 2 aliphatic rings. The SMILES string of the molecule is Cc1noc(C)c1-c1ccc2nc(C(=O)NC3CCSCC3)nc(N3CCOCC3c3ccccc3)c2c1. The molecule has 1 atom stereocenters. The molecule has 9 heteroatoms. The van der Waals surface area contributed by atoms with Gasteiger partial charge >= 0.3 is 0 Å². The molecule has 196 valence electrons. The number of ether oxygens (including phenoxy) is 1. The van der Waals surface area contributed by atoms with E-state index in [1.54, 1.807) is 0 Å². The highest BCUT2D eigenvalue weighted by atomic mass is 32.2. The van der Waals surface area contributed by atoms with E-state index in [1.807, 2.05) is 55.9 Å². The summed E-state index contributed by atoms with van der Waals surface area (Å²) in [6.07, 6.45) is 1.94. The summed E-state index contributed by atoms with van der Waals surface area (Å²) >= 11 is 1.93. The van der Waals surface area contributed by atoms with Crippen LogP contribution in [0.4, 0.5) is 5.82 Å². The lowest BCUT2D eigenvalue weighted by molar-refractivity contribution is 0.0920. The van der Waals surface area contributed by atoms with E-state index in [-0.39, 0.29) is 23.8 Å². The fraction of sp³-hybridized carbons (Fsp3) is 0.379. The first-order valence-corrected chi connectivity index (χ1v) is 14.3. The van der Waals surface area contributed by atoms with E-state index in [0.717, 1.165) is 69.2 Å². The van der Waals surface area contributed by atoms with Crippen molar-refractivity contribution in [2.24, 2.45) is 0 Å². The van der Waals surface area contributed by atoms with Gasteiger partial charge in [0.15, 0.2) is 0 Å². The normalized spacial score (nSPS) is 18.6. The lowest BCUT2D eigenvalue weighted by atomic mass is 10.0. The highest BCUT2D eigenvalue weighted by molar-refractivity contribution is 7.99. The summed E-state index contributed by atoms with van der Waals surface area (Å²) in [4.78, 5) is 25.3. The number of benzene rings is 2. The molecule has 2 aromatic carbocycles. The molecule has 2 aromatic heterocycles. The van der Waals surface area contributed by atoms with E-state index >= 15 is 0 Å². The molecule has 2 aliphatic heterocycles. The first-order chi connectivity index (χ1) is 18.6. The van der Waals surface area contributed by atoms with Crippen LogP contribution in [0.15, 0.2) is 53.1 Å². The Balaban J connectivity index is 1.47. The van der Waals surface area contributed by atoms with Gasteiger partial charge in [-0.25, -0.2) is 9.97 Å². The number of nitrogens with zero attached hydrogens (tertiary/aromatic N) is 4. The number of anilines is 1. The van der Waals surface area contributed by atoms with Crippen LogP contribution in [-0.4, -0.2) is 58.3 Å². The zero-order valence-corrected chi connectivity index (χ0v) is 22.5. The number of hydrogen-bond acceptors (Lipinski definition) is 8. The van der Waals surface area contributed by atoms with E-state index in [4.69, 9.17) is 19.2 Å². The Morgan fingerprint density at radius 3 is 2.66 bits per heavy atom. The van der Waals surface area contributed by atoms with Crippen LogP contribution in [0.1, 0.15) is 46.5 Å². The van der Waals surface area contributed by atoms with Gasteiger partial charge in [0.25, 0.3) is 5.91 Å². The highest BCUT2D eigenvalue weighted by Gasteiger charge is 2.29. The molecule has 4 aromatic rings. The van der Waals surface area contributed by atoms with Gasteiger partial charge < -0.3 is 19.5 Å².